The minimum Gasteiger partial charge on any atom is -0.368 e. The summed E-state index contributed by atoms with van der Waals surface area (Å²) >= 11 is 1.54. The van der Waals surface area contributed by atoms with Crippen molar-refractivity contribution in [2.45, 2.75) is 55.1 Å². The Bertz CT molecular complexity index is 540. The molecule has 20 heavy (non-hydrogen) atoms. The van der Waals surface area contributed by atoms with Gasteiger partial charge in [0.2, 0.25) is 5.91 Å². The summed E-state index contributed by atoms with van der Waals surface area (Å²) < 4.78 is 1.60. The topological polar surface area (TPSA) is 106 Å². The number of primary amides is 1. The Kier molecular flexibility index (Phi) is 4.54. The summed E-state index contributed by atoms with van der Waals surface area (Å²) in [5.41, 5.74) is 4.71. The van der Waals surface area contributed by atoms with Crippen molar-refractivity contribution in [1.82, 2.24) is 20.1 Å². The first-order valence-corrected chi connectivity index (χ1v) is 7.71. The number of likely N-dealkylation sites (N-methyl/N-ethyl adjacent to an activating group) is 1. The molecule has 0 bridgehead atoms. The first-order chi connectivity index (χ1) is 9.52. The van der Waals surface area contributed by atoms with Crippen LogP contribution in [0.1, 0.15) is 32.6 Å². The van der Waals surface area contributed by atoms with Crippen molar-refractivity contribution in [3.05, 3.63) is 10.5 Å². The van der Waals surface area contributed by atoms with Crippen molar-refractivity contribution in [3.63, 3.8) is 0 Å². The molecule has 0 saturated heterocycles. The minimum absolute atomic E-state index is 0.194. The third-order valence-corrected chi connectivity index (χ3v) is 5.23. The van der Waals surface area contributed by atoms with Crippen molar-refractivity contribution in [2.75, 3.05) is 7.05 Å². The van der Waals surface area contributed by atoms with Crippen molar-refractivity contribution in [2.24, 2.45) is 5.73 Å². The Balaban J connectivity index is 2.14. The second-order valence-corrected chi connectivity index (χ2v) is 6.36. The van der Waals surface area contributed by atoms with Crippen LogP contribution in [0.15, 0.2) is 9.95 Å². The quantitative estimate of drug-likeness (QED) is 0.713. The molecule has 112 valence electrons. The van der Waals surface area contributed by atoms with Gasteiger partial charge in [-0.15, -0.1) is 5.10 Å². The monoisotopic (exact) mass is 299 g/mol. The third kappa shape index (κ3) is 2.76. The van der Waals surface area contributed by atoms with Gasteiger partial charge in [0.05, 0.1) is 5.54 Å². The Morgan fingerprint density at radius 2 is 2.45 bits per heavy atom. The first kappa shape index (κ1) is 15.1. The number of H-pyrrole nitrogens is 1. The van der Waals surface area contributed by atoms with E-state index in [1.807, 2.05) is 6.92 Å². The lowest BCUT2D eigenvalue weighted by molar-refractivity contribution is -0.125. The number of carbonyl (C=O) groups excluding carboxylic acids is 1. The summed E-state index contributed by atoms with van der Waals surface area (Å²) in [5.74, 6) is -0.305. The van der Waals surface area contributed by atoms with Crippen LogP contribution in [0.2, 0.25) is 0 Å². The van der Waals surface area contributed by atoms with Gasteiger partial charge in [-0.3, -0.25) is 9.36 Å². The SMILES string of the molecule is CCn1c(SC2CCCC(NC)(C(N)=O)C2)n[nH]c1=O. The van der Waals surface area contributed by atoms with Crippen molar-refractivity contribution < 1.29 is 4.79 Å². The fourth-order valence-electron chi connectivity index (χ4n) is 2.72. The van der Waals surface area contributed by atoms with Crippen LogP contribution >= 0.6 is 11.8 Å². The highest BCUT2D eigenvalue weighted by Crippen LogP contribution is 2.37. The van der Waals surface area contributed by atoms with Crippen molar-refractivity contribution >= 4 is 17.7 Å². The predicted octanol–water partition coefficient (Wildman–Crippen LogP) is 0.0695. The molecule has 0 aliphatic heterocycles. The average molecular weight is 299 g/mol. The largest absolute Gasteiger partial charge is 0.368 e. The second kappa shape index (κ2) is 6.01. The van der Waals surface area contributed by atoms with Crippen molar-refractivity contribution in [3.8, 4) is 0 Å². The van der Waals surface area contributed by atoms with Crippen LogP contribution in [-0.2, 0) is 11.3 Å². The van der Waals surface area contributed by atoms with Crippen LogP contribution in [-0.4, -0.2) is 38.5 Å². The highest BCUT2D eigenvalue weighted by molar-refractivity contribution is 7.99. The van der Waals surface area contributed by atoms with Crippen molar-refractivity contribution in [1.29, 1.82) is 0 Å². The summed E-state index contributed by atoms with van der Waals surface area (Å²) in [6.07, 6.45) is 3.35. The van der Waals surface area contributed by atoms with E-state index in [-0.39, 0.29) is 16.8 Å². The van der Waals surface area contributed by atoms with E-state index in [1.54, 1.807) is 23.4 Å². The van der Waals surface area contributed by atoms with E-state index in [0.29, 0.717) is 18.1 Å². The molecule has 1 aromatic heterocycles. The maximum atomic E-state index is 11.7. The fourth-order valence-corrected chi connectivity index (χ4v) is 4.11. The molecule has 0 radical (unpaired) electrons. The molecule has 7 nitrogen and oxygen atoms in total. The summed E-state index contributed by atoms with van der Waals surface area (Å²) in [6.45, 7) is 2.49. The Hall–Kier alpha value is -1.28. The predicted molar refractivity (Wildman–Crippen MR) is 77.6 cm³/mol. The normalized spacial score (nSPS) is 26.6. The van der Waals surface area contributed by atoms with Gasteiger partial charge in [0.15, 0.2) is 5.16 Å². The van der Waals surface area contributed by atoms with Crippen LogP contribution in [0.25, 0.3) is 0 Å². The maximum Gasteiger partial charge on any atom is 0.343 e. The molecular weight excluding hydrogens is 278 g/mol. The number of nitrogens with two attached hydrogens (primary N) is 1. The molecule has 1 heterocycles. The lowest BCUT2D eigenvalue weighted by atomic mass is 9.81. The molecule has 0 aromatic carbocycles. The summed E-state index contributed by atoms with van der Waals surface area (Å²) in [6, 6.07) is 0. The van der Waals surface area contributed by atoms with Crippen LogP contribution in [0.4, 0.5) is 0 Å². The Labute approximate surface area is 121 Å². The van der Waals surface area contributed by atoms with Gasteiger partial charge in [-0.1, -0.05) is 11.8 Å². The van der Waals surface area contributed by atoms with E-state index in [0.717, 1.165) is 19.3 Å². The summed E-state index contributed by atoms with van der Waals surface area (Å²) in [4.78, 5) is 23.3. The van der Waals surface area contributed by atoms with E-state index in [4.69, 9.17) is 5.73 Å². The van der Waals surface area contributed by atoms with Gasteiger partial charge >= 0.3 is 5.69 Å². The van der Waals surface area contributed by atoms with Gasteiger partial charge in [-0.25, -0.2) is 9.89 Å². The number of thioether (sulfide) groups is 1. The number of aromatic nitrogens is 3. The molecule has 2 unspecified atom stereocenters. The Morgan fingerprint density at radius 1 is 1.70 bits per heavy atom. The van der Waals surface area contributed by atoms with E-state index in [9.17, 15) is 9.59 Å². The van der Waals surface area contributed by atoms with Crippen LogP contribution < -0.4 is 16.7 Å². The lowest BCUT2D eigenvalue weighted by Crippen LogP contribution is -2.57. The summed E-state index contributed by atoms with van der Waals surface area (Å²) in [7, 11) is 1.77. The second-order valence-electron chi connectivity index (χ2n) is 5.09. The van der Waals surface area contributed by atoms with Gasteiger partial charge in [-0.05, 0) is 39.7 Å². The van der Waals surface area contributed by atoms with E-state index < -0.39 is 5.54 Å². The molecule has 8 heteroatoms. The fraction of sp³-hybridized carbons (Fsp3) is 0.750. The molecule has 1 amide bonds. The zero-order valence-electron chi connectivity index (χ0n) is 11.8. The number of aromatic amines is 1. The smallest absolute Gasteiger partial charge is 0.343 e. The standard InChI is InChI=1S/C12H21N5O2S/c1-3-17-10(19)15-16-11(17)20-8-5-4-6-12(7-8,14-2)9(13)18/h8,14H,3-7H2,1-2H3,(H2,13,18)(H,15,19). The maximum absolute atomic E-state index is 11.7. The van der Waals surface area contributed by atoms with Gasteiger partial charge < -0.3 is 11.1 Å². The molecule has 1 aromatic rings. The summed E-state index contributed by atoms with van der Waals surface area (Å²) in [5, 5.41) is 10.5. The molecule has 2 atom stereocenters. The zero-order chi connectivity index (χ0) is 14.8. The number of hydrogen-bond donors (Lipinski definition) is 3. The third-order valence-electron chi connectivity index (χ3n) is 3.97. The Morgan fingerprint density at radius 3 is 3.05 bits per heavy atom. The zero-order valence-corrected chi connectivity index (χ0v) is 12.6. The molecule has 1 saturated carbocycles. The highest BCUT2D eigenvalue weighted by atomic mass is 32.2. The van der Waals surface area contributed by atoms with E-state index in [1.165, 1.54) is 0 Å². The van der Waals surface area contributed by atoms with Crippen LogP contribution in [0, 0.1) is 0 Å². The van der Waals surface area contributed by atoms with Crippen LogP contribution in [0.3, 0.4) is 0 Å². The van der Waals surface area contributed by atoms with Gasteiger partial charge in [0.1, 0.15) is 0 Å². The number of nitrogens with one attached hydrogen (secondary N) is 2. The molecule has 0 spiro atoms. The molecule has 1 fully saturated rings. The molecule has 1 aliphatic carbocycles. The first-order valence-electron chi connectivity index (χ1n) is 6.83. The number of hydrogen-bond acceptors (Lipinski definition) is 5. The number of nitrogens with zero attached hydrogens (tertiary/aromatic N) is 2. The van der Waals surface area contributed by atoms with Gasteiger partial charge in [-0.2, -0.15) is 0 Å². The highest BCUT2D eigenvalue weighted by Gasteiger charge is 2.40. The van der Waals surface area contributed by atoms with Crippen LogP contribution in [0.5, 0.6) is 0 Å². The molecule has 4 N–H and O–H groups in total. The number of carbonyl (C=O) groups is 1. The lowest BCUT2D eigenvalue weighted by Gasteiger charge is -2.37. The number of amides is 1. The van der Waals surface area contributed by atoms with E-state index in [2.05, 4.69) is 15.5 Å². The van der Waals surface area contributed by atoms with E-state index >= 15 is 0 Å². The number of rotatable bonds is 5. The minimum atomic E-state index is -0.635. The molecular formula is C12H21N5O2S. The average Bonchev–Trinajstić information content (AvgIpc) is 2.79. The van der Waals surface area contributed by atoms with Gasteiger partial charge in [0, 0.05) is 11.8 Å². The molecule has 1 aliphatic rings. The molecule has 2 rings (SSSR count). The van der Waals surface area contributed by atoms with Gasteiger partial charge in [0.25, 0.3) is 0 Å².